The number of rotatable bonds is 11. The van der Waals surface area contributed by atoms with Gasteiger partial charge in [0.2, 0.25) is 0 Å². The van der Waals surface area contributed by atoms with Crippen LogP contribution < -0.4 is 10.2 Å². The molecular formula is C18H32N2. The molecule has 2 heteroatoms. The SMILES string of the molecule is CCCCN(CCCC)c1ccccc1CNCCC. The van der Waals surface area contributed by atoms with Crippen LogP contribution in [-0.2, 0) is 6.54 Å². The first-order valence-corrected chi connectivity index (χ1v) is 8.37. The summed E-state index contributed by atoms with van der Waals surface area (Å²) in [7, 11) is 0. The lowest BCUT2D eigenvalue weighted by Gasteiger charge is -2.27. The molecule has 1 rings (SSSR count). The molecule has 0 aromatic heterocycles. The second kappa shape index (κ2) is 10.7. The first kappa shape index (κ1) is 17.0. The average molecular weight is 276 g/mol. The average Bonchev–Trinajstić information content (AvgIpc) is 2.48. The van der Waals surface area contributed by atoms with Gasteiger partial charge in [-0.3, -0.25) is 0 Å². The van der Waals surface area contributed by atoms with Crippen molar-refractivity contribution in [2.45, 2.75) is 59.4 Å². The highest BCUT2D eigenvalue weighted by atomic mass is 15.1. The number of nitrogens with zero attached hydrogens (tertiary/aromatic N) is 1. The van der Waals surface area contributed by atoms with Crippen LogP contribution in [-0.4, -0.2) is 19.6 Å². The molecule has 2 nitrogen and oxygen atoms in total. The van der Waals surface area contributed by atoms with E-state index in [2.05, 4.69) is 55.3 Å². The highest BCUT2D eigenvalue weighted by Gasteiger charge is 2.09. The normalized spacial score (nSPS) is 10.8. The molecule has 0 atom stereocenters. The van der Waals surface area contributed by atoms with Crippen LogP contribution in [0.3, 0.4) is 0 Å². The molecule has 0 radical (unpaired) electrons. The minimum absolute atomic E-state index is 0.985. The number of para-hydroxylation sites is 1. The second-order valence-electron chi connectivity index (χ2n) is 5.50. The highest BCUT2D eigenvalue weighted by molar-refractivity contribution is 5.53. The van der Waals surface area contributed by atoms with E-state index in [0.29, 0.717) is 0 Å². The molecule has 0 saturated heterocycles. The van der Waals surface area contributed by atoms with Crippen molar-refractivity contribution in [3.05, 3.63) is 29.8 Å². The van der Waals surface area contributed by atoms with E-state index in [-0.39, 0.29) is 0 Å². The van der Waals surface area contributed by atoms with E-state index in [1.807, 2.05) is 0 Å². The van der Waals surface area contributed by atoms with E-state index in [0.717, 1.165) is 13.1 Å². The quantitative estimate of drug-likeness (QED) is 0.595. The van der Waals surface area contributed by atoms with E-state index in [4.69, 9.17) is 0 Å². The first-order chi connectivity index (χ1) is 9.83. The van der Waals surface area contributed by atoms with E-state index in [1.165, 1.54) is 56.4 Å². The molecule has 0 aliphatic rings. The Kier molecular flexibility index (Phi) is 9.14. The Morgan fingerprint density at radius 2 is 1.55 bits per heavy atom. The Balaban J connectivity index is 2.75. The molecule has 0 fully saturated rings. The summed E-state index contributed by atoms with van der Waals surface area (Å²) in [4.78, 5) is 2.58. The van der Waals surface area contributed by atoms with Gasteiger partial charge >= 0.3 is 0 Å². The molecule has 0 aliphatic carbocycles. The summed E-state index contributed by atoms with van der Waals surface area (Å²) in [5.74, 6) is 0. The van der Waals surface area contributed by atoms with E-state index < -0.39 is 0 Å². The monoisotopic (exact) mass is 276 g/mol. The molecule has 0 heterocycles. The predicted molar refractivity (Wildman–Crippen MR) is 90.5 cm³/mol. The number of hydrogen-bond donors (Lipinski definition) is 1. The van der Waals surface area contributed by atoms with Gasteiger partial charge < -0.3 is 10.2 Å². The van der Waals surface area contributed by atoms with Gasteiger partial charge in [-0.15, -0.1) is 0 Å². The van der Waals surface area contributed by atoms with Crippen molar-refractivity contribution in [3.8, 4) is 0 Å². The molecule has 1 aromatic carbocycles. The number of hydrogen-bond acceptors (Lipinski definition) is 2. The van der Waals surface area contributed by atoms with Crippen LogP contribution in [0.1, 0.15) is 58.4 Å². The molecule has 114 valence electrons. The molecular weight excluding hydrogens is 244 g/mol. The first-order valence-electron chi connectivity index (χ1n) is 8.37. The van der Waals surface area contributed by atoms with Crippen LogP contribution in [0, 0.1) is 0 Å². The zero-order chi connectivity index (χ0) is 14.6. The molecule has 0 aliphatic heterocycles. The van der Waals surface area contributed by atoms with E-state index >= 15 is 0 Å². The van der Waals surface area contributed by atoms with Crippen molar-refractivity contribution >= 4 is 5.69 Å². The van der Waals surface area contributed by atoms with Gasteiger partial charge in [-0.25, -0.2) is 0 Å². The second-order valence-corrected chi connectivity index (χ2v) is 5.50. The van der Waals surface area contributed by atoms with Gasteiger partial charge in [0, 0.05) is 25.3 Å². The lowest BCUT2D eigenvalue weighted by atomic mass is 10.1. The fraction of sp³-hybridized carbons (Fsp3) is 0.667. The Bertz CT molecular complexity index is 341. The largest absolute Gasteiger partial charge is 0.371 e. The van der Waals surface area contributed by atoms with E-state index in [9.17, 15) is 0 Å². The molecule has 0 amide bonds. The van der Waals surface area contributed by atoms with Crippen LogP contribution in [0.25, 0.3) is 0 Å². The zero-order valence-electron chi connectivity index (χ0n) is 13.6. The van der Waals surface area contributed by atoms with Crippen molar-refractivity contribution < 1.29 is 0 Å². The summed E-state index contributed by atoms with van der Waals surface area (Å²) >= 11 is 0. The molecule has 1 aromatic rings. The Labute approximate surface area is 125 Å². The maximum Gasteiger partial charge on any atom is 0.0411 e. The summed E-state index contributed by atoms with van der Waals surface area (Å²) < 4.78 is 0. The van der Waals surface area contributed by atoms with Crippen LogP contribution in [0.4, 0.5) is 5.69 Å². The number of benzene rings is 1. The summed E-state index contributed by atoms with van der Waals surface area (Å²) in [5.41, 5.74) is 2.87. The van der Waals surface area contributed by atoms with E-state index in [1.54, 1.807) is 0 Å². The van der Waals surface area contributed by atoms with Gasteiger partial charge in [0.05, 0.1) is 0 Å². The predicted octanol–water partition coefficient (Wildman–Crippen LogP) is 4.59. The lowest BCUT2D eigenvalue weighted by molar-refractivity contribution is 0.656. The smallest absolute Gasteiger partial charge is 0.0411 e. The number of anilines is 1. The van der Waals surface area contributed by atoms with Gasteiger partial charge in [-0.2, -0.15) is 0 Å². The Morgan fingerprint density at radius 3 is 2.15 bits per heavy atom. The lowest BCUT2D eigenvalue weighted by Crippen LogP contribution is -2.27. The standard InChI is InChI=1S/C18H32N2/c1-4-7-14-20(15-8-5-2)18-12-10-9-11-17(18)16-19-13-6-3/h9-12,19H,4-8,13-16H2,1-3H3. The van der Waals surface area contributed by atoms with Crippen molar-refractivity contribution in [1.29, 1.82) is 0 Å². The van der Waals surface area contributed by atoms with Gasteiger partial charge in [0.25, 0.3) is 0 Å². The maximum absolute atomic E-state index is 3.53. The number of nitrogens with one attached hydrogen (secondary N) is 1. The molecule has 0 saturated carbocycles. The molecule has 0 bridgehead atoms. The highest BCUT2D eigenvalue weighted by Crippen LogP contribution is 2.21. The van der Waals surface area contributed by atoms with Crippen LogP contribution >= 0.6 is 0 Å². The minimum atomic E-state index is 0.985. The zero-order valence-corrected chi connectivity index (χ0v) is 13.6. The van der Waals surface area contributed by atoms with Crippen molar-refractivity contribution in [2.75, 3.05) is 24.5 Å². The third-order valence-electron chi connectivity index (χ3n) is 3.64. The third kappa shape index (κ3) is 5.96. The van der Waals surface area contributed by atoms with Gasteiger partial charge in [-0.1, -0.05) is 51.8 Å². The summed E-state index contributed by atoms with van der Waals surface area (Å²) in [5, 5.41) is 3.53. The van der Waals surface area contributed by atoms with Crippen molar-refractivity contribution in [2.24, 2.45) is 0 Å². The fourth-order valence-corrected chi connectivity index (χ4v) is 2.42. The molecule has 0 spiro atoms. The fourth-order valence-electron chi connectivity index (χ4n) is 2.42. The van der Waals surface area contributed by atoms with Gasteiger partial charge in [-0.05, 0) is 37.4 Å². The Morgan fingerprint density at radius 1 is 0.900 bits per heavy atom. The third-order valence-corrected chi connectivity index (χ3v) is 3.64. The maximum atomic E-state index is 3.53. The topological polar surface area (TPSA) is 15.3 Å². The van der Waals surface area contributed by atoms with Crippen LogP contribution in [0.2, 0.25) is 0 Å². The Hall–Kier alpha value is -1.02. The van der Waals surface area contributed by atoms with Crippen LogP contribution in [0.15, 0.2) is 24.3 Å². The van der Waals surface area contributed by atoms with Gasteiger partial charge in [0.1, 0.15) is 0 Å². The van der Waals surface area contributed by atoms with Crippen molar-refractivity contribution in [1.82, 2.24) is 5.32 Å². The molecule has 0 unspecified atom stereocenters. The summed E-state index contributed by atoms with van der Waals surface area (Å²) in [6.45, 7) is 11.2. The minimum Gasteiger partial charge on any atom is -0.371 e. The van der Waals surface area contributed by atoms with Crippen molar-refractivity contribution in [3.63, 3.8) is 0 Å². The van der Waals surface area contributed by atoms with Crippen LogP contribution in [0.5, 0.6) is 0 Å². The van der Waals surface area contributed by atoms with Gasteiger partial charge in [0.15, 0.2) is 0 Å². The summed E-state index contributed by atoms with van der Waals surface area (Å²) in [6, 6.07) is 8.88. The summed E-state index contributed by atoms with van der Waals surface area (Å²) in [6.07, 6.45) is 6.27. The molecule has 1 N–H and O–H groups in total. The number of unbranched alkanes of at least 4 members (excludes halogenated alkanes) is 2. The molecule has 20 heavy (non-hydrogen) atoms.